The van der Waals surface area contributed by atoms with E-state index in [1.807, 2.05) is 51.1 Å². The zero-order chi connectivity index (χ0) is 19.8. The molecule has 0 aliphatic heterocycles. The highest BCUT2D eigenvalue weighted by atomic mass is 35.5. The molecule has 142 valence electrons. The van der Waals surface area contributed by atoms with Gasteiger partial charge in [-0.25, -0.2) is 9.07 Å². The van der Waals surface area contributed by atoms with Crippen LogP contribution in [0.2, 0.25) is 5.02 Å². The monoisotopic (exact) mass is 395 g/mol. The first-order valence-electron chi connectivity index (χ1n) is 8.94. The summed E-state index contributed by atoms with van der Waals surface area (Å²) in [7, 11) is 0. The molecule has 0 aliphatic rings. The van der Waals surface area contributed by atoms with Crippen molar-refractivity contribution in [1.82, 2.24) is 14.8 Å². The normalized spacial score (nSPS) is 11.2. The molecule has 0 atom stereocenters. The van der Waals surface area contributed by atoms with Crippen molar-refractivity contribution in [3.05, 3.63) is 81.8 Å². The molecular formula is C22H19ClFN3O. The van der Waals surface area contributed by atoms with E-state index in [1.54, 1.807) is 10.7 Å². The molecule has 0 amide bonds. The summed E-state index contributed by atoms with van der Waals surface area (Å²) in [5, 5.41) is 6.34. The second-order valence-corrected chi connectivity index (χ2v) is 7.18. The molecule has 2 aromatic carbocycles. The Morgan fingerprint density at radius 1 is 1.07 bits per heavy atom. The Morgan fingerprint density at radius 2 is 1.86 bits per heavy atom. The van der Waals surface area contributed by atoms with Crippen molar-refractivity contribution in [2.45, 2.75) is 27.4 Å². The molecular weight excluding hydrogens is 377 g/mol. The van der Waals surface area contributed by atoms with Crippen LogP contribution in [0.1, 0.15) is 22.4 Å². The highest BCUT2D eigenvalue weighted by molar-refractivity contribution is 6.31. The highest BCUT2D eigenvalue weighted by Gasteiger charge is 2.16. The van der Waals surface area contributed by atoms with Gasteiger partial charge >= 0.3 is 0 Å². The smallest absolute Gasteiger partial charge is 0.215 e. The van der Waals surface area contributed by atoms with Crippen molar-refractivity contribution in [2.75, 3.05) is 0 Å². The molecule has 4 rings (SSSR count). The van der Waals surface area contributed by atoms with Gasteiger partial charge in [0.1, 0.15) is 12.4 Å². The molecule has 2 aromatic heterocycles. The number of hydrogen-bond donors (Lipinski definition) is 0. The first-order chi connectivity index (χ1) is 13.4. The third kappa shape index (κ3) is 3.34. The minimum Gasteiger partial charge on any atom is -0.473 e. The Bertz CT molecular complexity index is 1190. The fourth-order valence-electron chi connectivity index (χ4n) is 3.33. The number of nitrogens with zero attached hydrogens (tertiary/aromatic N) is 3. The van der Waals surface area contributed by atoms with Gasteiger partial charge < -0.3 is 4.74 Å². The minimum absolute atomic E-state index is 0.235. The molecule has 0 bridgehead atoms. The summed E-state index contributed by atoms with van der Waals surface area (Å²) in [6.45, 7) is 6.15. The lowest BCUT2D eigenvalue weighted by molar-refractivity contribution is 0.294. The van der Waals surface area contributed by atoms with Crippen LogP contribution in [-0.2, 0) is 6.61 Å². The van der Waals surface area contributed by atoms with Crippen LogP contribution in [0.5, 0.6) is 5.88 Å². The fraction of sp³-hybridized carbons (Fsp3) is 0.182. The second-order valence-electron chi connectivity index (χ2n) is 6.78. The molecule has 0 unspecified atom stereocenters. The number of benzene rings is 2. The third-order valence-corrected chi connectivity index (χ3v) is 5.14. The third-order valence-electron chi connectivity index (χ3n) is 4.73. The van der Waals surface area contributed by atoms with Crippen LogP contribution in [0.3, 0.4) is 0 Å². The zero-order valence-corrected chi connectivity index (χ0v) is 16.6. The number of aromatic nitrogens is 3. The summed E-state index contributed by atoms with van der Waals surface area (Å²) in [4.78, 5) is 4.68. The Labute approximate surface area is 167 Å². The quantitative estimate of drug-likeness (QED) is 0.444. The SMILES string of the molecule is Cc1c(Cl)cccc1-n1nc(C)c2c(C)cc(OCc3cccc(F)c3)nc21. The maximum absolute atomic E-state index is 13.4. The molecule has 0 N–H and O–H groups in total. The number of fused-ring (bicyclic) bond motifs is 1. The van der Waals surface area contributed by atoms with Crippen molar-refractivity contribution in [2.24, 2.45) is 0 Å². The van der Waals surface area contributed by atoms with Gasteiger partial charge in [0.15, 0.2) is 5.65 Å². The Morgan fingerprint density at radius 3 is 2.64 bits per heavy atom. The zero-order valence-electron chi connectivity index (χ0n) is 15.8. The average Bonchev–Trinajstić information content (AvgIpc) is 2.99. The molecule has 0 aliphatic carbocycles. The lowest BCUT2D eigenvalue weighted by Crippen LogP contribution is -2.03. The molecule has 4 aromatic rings. The minimum atomic E-state index is -0.286. The van der Waals surface area contributed by atoms with Gasteiger partial charge in [-0.1, -0.05) is 29.8 Å². The van der Waals surface area contributed by atoms with Gasteiger partial charge in [-0.2, -0.15) is 10.1 Å². The molecule has 0 radical (unpaired) electrons. The molecule has 0 spiro atoms. The first-order valence-corrected chi connectivity index (χ1v) is 9.31. The van der Waals surface area contributed by atoms with E-state index in [0.717, 1.165) is 33.5 Å². The second kappa shape index (κ2) is 7.24. The van der Waals surface area contributed by atoms with Crippen molar-refractivity contribution < 1.29 is 9.13 Å². The van der Waals surface area contributed by atoms with Gasteiger partial charge in [-0.15, -0.1) is 0 Å². The van der Waals surface area contributed by atoms with Crippen LogP contribution in [0.25, 0.3) is 16.7 Å². The van der Waals surface area contributed by atoms with E-state index >= 15 is 0 Å². The molecule has 4 nitrogen and oxygen atoms in total. The number of hydrogen-bond acceptors (Lipinski definition) is 3. The highest BCUT2D eigenvalue weighted by Crippen LogP contribution is 2.29. The van der Waals surface area contributed by atoms with Gasteiger partial charge in [0.05, 0.1) is 11.4 Å². The summed E-state index contributed by atoms with van der Waals surface area (Å²) >= 11 is 6.30. The Balaban J connectivity index is 1.77. The maximum atomic E-state index is 13.4. The molecule has 6 heteroatoms. The van der Waals surface area contributed by atoms with Crippen LogP contribution in [0.4, 0.5) is 4.39 Å². The molecule has 28 heavy (non-hydrogen) atoms. The Kier molecular flexibility index (Phi) is 4.77. The standard InChI is InChI=1S/C22H19ClFN3O/c1-13-10-20(28-12-16-6-4-7-17(24)11-16)25-22-21(13)15(3)26-27(22)19-9-5-8-18(23)14(19)2/h4-11H,12H2,1-3H3. The largest absolute Gasteiger partial charge is 0.473 e. The lowest BCUT2D eigenvalue weighted by atomic mass is 10.1. The lowest BCUT2D eigenvalue weighted by Gasteiger charge is -2.10. The first kappa shape index (κ1) is 18.4. The number of rotatable bonds is 4. The summed E-state index contributed by atoms with van der Waals surface area (Å²) in [5.74, 6) is 0.181. The summed E-state index contributed by atoms with van der Waals surface area (Å²) in [5.41, 5.74) is 5.16. The average molecular weight is 396 g/mol. The van der Waals surface area contributed by atoms with Crippen LogP contribution >= 0.6 is 11.6 Å². The summed E-state index contributed by atoms with van der Waals surface area (Å²) in [6, 6.07) is 13.9. The number of aryl methyl sites for hydroxylation is 2. The van der Waals surface area contributed by atoms with Crippen LogP contribution in [0.15, 0.2) is 48.5 Å². The predicted octanol–water partition coefficient (Wildman–Crippen LogP) is 5.72. The van der Waals surface area contributed by atoms with E-state index < -0.39 is 0 Å². The number of pyridine rings is 1. The van der Waals surface area contributed by atoms with E-state index in [4.69, 9.17) is 16.3 Å². The van der Waals surface area contributed by atoms with Crippen molar-refractivity contribution in [3.63, 3.8) is 0 Å². The van der Waals surface area contributed by atoms with Crippen molar-refractivity contribution >= 4 is 22.6 Å². The summed E-state index contributed by atoms with van der Waals surface area (Å²) in [6.07, 6.45) is 0. The van der Waals surface area contributed by atoms with E-state index in [9.17, 15) is 4.39 Å². The topological polar surface area (TPSA) is 39.9 Å². The fourth-order valence-corrected chi connectivity index (χ4v) is 3.50. The van der Waals surface area contributed by atoms with Gasteiger partial charge in [0.2, 0.25) is 5.88 Å². The van der Waals surface area contributed by atoms with Crippen LogP contribution in [0, 0.1) is 26.6 Å². The van der Waals surface area contributed by atoms with E-state index in [2.05, 4.69) is 10.1 Å². The van der Waals surface area contributed by atoms with Crippen molar-refractivity contribution in [3.8, 4) is 11.6 Å². The molecule has 0 fully saturated rings. The van der Waals surface area contributed by atoms with Crippen molar-refractivity contribution in [1.29, 1.82) is 0 Å². The molecule has 0 saturated heterocycles. The van der Waals surface area contributed by atoms with Gasteiger partial charge in [0, 0.05) is 16.5 Å². The summed E-state index contributed by atoms with van der Waals surface area (Å²) < 4.78 is 21.0. The number of ether oxygens (including phenoxy) is 1. The van der Waals surface area contributed by atoms with Gasteiger partial charge in [-0.05, 0) is 61.7 Å². The van der Waals surface area contributed by atoms with E-state index in [-0.39, 0.29) is 12.4 Å². The van der Waals surface area contributed by atoms with Gasteiger partial charge in [0.25, 0.3) is 0 Å². The molecule has 0 saturated carbocycles. The maximum Gasteiger partial charge on any atom is 0.215 e. The van der Waals surface area contributed by atoms with E-state index in [1.165, 1.54) is 12.1 Å². The Hall–Kier alpha value is -2.92. The predicted molar refractivity (Wildman–Crippen MR) is 109 cm³/mol. The number of halogens is 2. The van der Waals surface area contributed by atoms with Crippen LogP contribution in [-0.4, -0.2) is 14.8 Å². The molecule has 2 heterocycles. The van der Waals surface area contributed by atoms with Crippen LogP contribution < -0.4 is 4.74 Å². The van der Waals surface area contributed by atoms with E-state index in [0.29, 0.717) is 16.5 Å². The van der Waals surface area contributed by atoms with Gasteiger partial charge in [-0.3, -0.25) is 0 Å².